The molecule has 1 aliphatic heterocycles. The van der Waals surface area contributed by atoms with Crippen LogP contribution < -0.4 is 5.32 Å². The number of amides is 1. The zero-order valence-electron chi connectivity index (χ0n) is 12.7. The first-order valence-electron chi connectivity index (χ1n) is 7.55. The molecule has 3 aromatic rings. The molecule has 118 valence electrons. The van der Waals surface area contributed by atoms with Crippen molar-refractivity contribution in [1.82, 2.24) is 24.5 Å². The van der Waals surface area contributed by atoms with Crippen molar-refractivity contribution in [3.63, 3.8) is 0 Å². The van der Waals surface area contributed by atoms with Crippen LogP contribution in [0, 0.1) is 0 Å². The third kappa shape index (κ3) is 2.49. The fraction of sp³-hybridized carbons (Fsp3) is 0.312. The summed E-state index contributed by atoms with van der Waals surface area (Å²) in [6.45, 7) is 0.623. The highest BCUT2D eigenvalue weighted by Crippen LogP contribution is 2.29. The first-order valence-corrected chi connectivity index (χ1v) is 7.55. The molecule has 7 nitrogen and oxygen atoms in total. The molecule has 1 aliphatic rings. The van der Waals surface area contributed by atoms with E-state index in [-0.39, 0.29) is 18.1 Å². The van der Waals surface area contributed by atoms with Crippen molar-refractivity contribution < 1.29 is 9.53 Å². The van der Waals surface area contributed by atoms with E-state index in [1.165, 1.54) is 0 Å². The number of hydrogen-bond donors (Lipinski definition) is 1. The topological polar surface area (TPSA) is 73.5 Å². The molecule has 0 unspecified atom stereocenters. The summed E-state index contributed by atoms with van der Waals surface area (Å²) in [6.07, 6.45) is 7.75. The fourth-order valence-corrected chi connectivity index (χ4v) is 3.00. The van der Waals surface area contributed by atoms with Gasteiger partial charge in [-0.1, -0.05) is 6.07 Å². The molecule has 0 aliphatic carbocycles. The molecule has 0 spiro atoms. The Kier molecular flexibility index (Phi) is 3.34. The lowest BCUT2D eigenvalue weighted by molar-refractivity contribution is 0.0817. The molecule has 1 N–H and O–H groups in total. The second kappa shape index (κ2) is 5.51. The van der Waals surface area contributed by atoms with Crippen molar-refractivity contribution in [3.05, 3.63) is 54.2 Å². The maximum atomic E-state index is 12.6. The molecular weight excluding hydrogens is 294 g/mol. The molecule has 4 heterocycles. The van der Waals surface area contributed by atoms with E-state index >= 15 is 0 Å². The van der Waals surface area contributed by atoms with Gasteiger partial charge in [0.25, 0.3) is 5.91 Å². The molecule has 4 rings (SSSR count). The Bertz CT molecular complexity index is 853. The quantitative estimate of drug-likeness (QED) is 0.792. The first-order chi connectivity index (χ1) is 11.2. The number of aryl methyl sites for hydroxylation is 1. The number of pyridine rings is 1. The van der Waals surface area contributed by atoms with E-state index in [0.29, 0.717) is 12.3 Å². The van der Waals surface area contributed by atoms with Crippen LogP contribution in [0.2, 0.25) is 0 Å². The standard InChI is InChI=1S/C16H17N5O2/c1-20-10-11(8-18-20)15-12(5-7-23-15)19-16(22)13-9-17-14-4-2-3-6-21(13)14/h2-4,6,8-10,12,15H,5,7H2,1H3,(H,19,22)/t12-,15+/m0/s1. The zero-order chi connectivity index (χ0) is 15.8. The van der Waals surface area contributed by atoms with Crippen molar-refractivity contribution in [2.75, 3.05) is 6.61 Å². The lowest BCUT2D eigenvalue weighted by Crippen LogP contribution is -2.37. The van der Waals surface area contributed by atoms with Crippen LogP contribution in [0.4, 0.5) is 0 Å². The Morgan fingerprint density at radius 2 is 2.30 bits per heavy atom. The van der Waals surface area contributed by atoms with Gasteiger partial charge in [-0.05, 0) is 18.6 Å². The fourth-order valence-electron chi connectivity index (χ4n) is 3.00. The molecule has 23 heavy (non-hydrogen) atoms. The molecular formula is C16H17N5O2. The predicted molar refractivity (Wildman–Crippen MR) is 83.0 cm³/mol. The molecule has 1 fully saturated rings. The highest BCUT2D eigenvalue weighted by Gasteiger charge is 2.32. The zero-order valence-corrected chi connectivity index (χ0v) is 12.7. The number of hydrogen-bond acceptors (Lipinski definition) is 4. The summed E-state index contributed by atoms with van der Waals surface area (Å²) in [4.78, 5) is 16.9. The molecule has 1 amide bonds. The van der Waals surface area contributed by atoms with Gasteiger partial charge in [-0.25, -0.2) is 4.98 Å². The van der Waals surface area contributed by atoms with Gasteiger partial charge in [0, 0.05) is 31.6 Å². The van der Waals surface area contributed by atoms with Crippen LogP contribution in [0.1, 0.15) is 28.6 Å². The number of carbonyl (C=O) groups is 1. The molecule has 0 bridgehead atoms. The number of imidazole rings is 1. The third-order valence-electron chi connectivity index (χ3n) is 4.11. The van der Waals surface area contributed by atoms with Gasteiger partial charge >= 0.3 is 0 Å². The molecule has 0 saturated carbocycles. The van der Waals surface area contributed by atoms with Crippen LogP contribution in [-0.4, -0.2) is 37.7 Å². The lowest BCUT2D eigenvalue weighted by Gasteiger charge is -2.18. The molecule has 0 radical (unpaired) electrons. The van der Waals surface area contributed by atoms with Crippen molar-refractivity contribution in [2.45, 2.75) is 18.6 Å². The van der Waals surface area contributed by atoms with Crippen molar-refractivity contribution in [2.24, 2.45) is 7.05 Å². The summed E-state index contributed by atoms with van der Waals surface area (Å²) in [6, 6.07) is 5.57. The minimum absolute atomic E-state index is 0.0686. The van der Waals surface area contributed by atoms with Gasteiger partial charge < -0.3 is 10.1 Å². The molecule has 2 atom stereocenters. The molecule has 3 aromatic heterocycles. The van der Waals surface area contributed by atoms with E-state index in [9.17, 15) is 4.79 Å². The normalized spacial score (nSPS) is 20.9. The first kappa shape index (κ1) is 14.0. The van der Waals surface area contributed by atoms with Crippen LogP contribution in [0.25, 0.3) is 5.65 Å². The van der Waals surface area contributed by atoms with Gasteiger partial charge in [0.15, 0.2) is 0 Å². The number of fused-ring (bicyclic) bond motifs is 1. The van der Waals surface area contributed by atoms with Crippen LogP contribution in [-0.2, 0) is 11.8 Å². The van der Waals surface area contributed by atoms with Gasteiger partial charge in [0.1, 0.15) is 17.4 Å². The largest absolute Gasteiger partial charge is 0.371 e. The van der Waals surface area contributed by atoms with Gasteiger partial charge in [0.05, 0.1) is 18.4 Å². The summed E-state index contributed by atoms with van der Waals surface area (Å²) < 4.78 is 9.30. The van der Waals surface area contributed by atoms with Gasteiger partial charge in [0.2, 0.25) is 0 Å². The summed E-state index contributed by atoms with van der Waals surface area (Å²) in [5.74, 6) is -0.145. The average Bonchev–Trinajstić information content (AvgIpc) is 3.25. The predicted octanol–water partition coefficient (Wildman–Crippen LogP) is 1.33. The second-order valence-electron chi connectivity index (χ2n) is 5.68. The van der Waals surface area contributed by atoms with Gasteiger partial charge in [-0.3, -0.25) is 13.9 Å². The summed E-state index contributed by atoms with van der Waals surface area (Å²) in [5.41, 5.74) is 2.26. The van der Waals surface area contributed by atoms with Crippen LogP contribution in [0.15, 0.2) is 43.0 Å². The van der Waals surface area contributed by atoms with E-state index in [1.807, 2.05) is 37.6 Å². The Morgan fingerprint density at radius 1 is 1.39 bits per heavy atom. The van der Waals surface area contributed by atoms with E-state index in [0.717, 1.165) is 17.6 Å². The summed E-state index contributed by atoms with van der Waals surface area (Å²) in [5, 5.41) is 7.24. The van der Waals surface area contributed by atoms with E-state index < -0.39 is 0 Å². The van der Waals surface area contributed by atoms with Gasteiger partial charge in [-0.15, -0.1) is 0 Å². The molecule has 0 aromatic carbocycles. The summed E-state index contributed by atoms with van der Waals surface area (Å²) in [7, 11) is 1.87. The Balaban J connectivity index is 1.56. The number of nitrogens with one attached hydrogen (secondary N) is 1. The lowest BCUT2D eigenvalue weighted by atomic mass is 10.1. The SMILES string of the molecule is Cn1cc([C@H]2OCC[C@@H]2NC(=O)c2cnc3ccccn23)cn1. The number of nitrogens with zero attached hydrogens (tertiary/aromatic N) is 4. The number of ether oxygens (including phenoxy) is 1. The Morgan fingerprint density at radius 3 is 3.13 bits per heavy atom. The molecule has 1 saturated heterocycles. The Labute approximate surface area is 132 Å². The van der Waals surface area contributed by atoms with Gasteiger partial charge in [-0.2, -0.15) is 5.10 Å². The number of aromatic nitrogens is 4. The van der Waals surface area contributed by atoms with Crippen LogP contribution in [0.3, 0.4) is 0 Å². The summed E-state index contributed by atoms with van der Waals surface area (Å²) >= 11 is 0. The maximum Gasteiger partial charge on any atom is 0.270 e. The Hall–Kier alpha value is -2.67. The monoisotopic (exact) mass is 311 g/mol. The van der Waals surface area contributed by atoms with E-state index in [2.05, 4.69) is 15.4 Å². The minimum Gasteiger partial charge on any atom is -0.371 e. The van der Waals surface area contributed by atoms with Crippen LogP contribution >= 0.6 is 0 Å². The third-order valence-corrected chi connectivity index (χ3v) is 4.11. The minimum atomic E-state index is -0.160. The molecule has 7 heteroatoms. The van der Waals surface area contributed by atoms with Crippen molar-refractivity contribution in [3.8, 4) is 0 Å². The van der Waals surface area contributed by atoms with Crippen molar-refractivity contribution in [1.29, 1.82) is 0 Å². The van der Waals surface area contributed by atoms with E-state index in [4.69, 9.17) is 4.74 Å². The van der Waals surface area contributed by atoms with E-state index in [1.54, 1.807) is 21.5 Å². The number of carbonyl (C=O) groups excluding carboxylic acids is 1. The highest BCUT2D eigenvalue weighted by atomic mass is 16.5. The maximum absolute atomic E-state index is 12.6. The van der Waals surface area contributed by atoms with Crippen LogP contribution in [0.5, 0.6) is 0 Å². The second-order valence-corrected chi connectivity index (χ2v) is 5.68. The van der Waals surface area contributed by atoms with Crippen molar-refractivity contribution >= 4 is 11.6 Å². The number of rotatable bonds is 3. The smallest absolute Gasteiger partial charge is 0.270 e. The average molecular weight is 311 g/mol. The highest BCUT2D eigenvalue weighted by molar-refractivity contribution is 5.93.